The van der Waals surface area contributed by atoms with Crippen molar-refractivity contribution >= 4 is 22.0 Å². The van der Waals surface area contributed by atoms with Crippen molar-refractivity contribution in [1.82, 2.24) is 19.4 Å². The third-order valence-electron chi connectivity index (χ3n) is 6.75. The fraction of sp³-hybridized carbons (Fsp3) is 0.667. The Morgan fingerprint density at radius 1 is 0.939 bits per heavy atom. The normalized spacial score (nSPS) is 17.9. The summed E-state index contributed by atoms with van der Waals surface area (Å²) in [6, 6.07) is 7.11. The zero-order valence-corrected chi connectivity index (χ0v) is 20.8. The van der Waals surface area contributed by atoms with Crippen LogP contribution in [0.15, 0.2) is 29.2 Å². The molecule has 0 aromatic heterocycles. The number of aryl methyl sites for hydroxylation is 1. The summed E-state index contributed by atoms with van der Waals surface area (Å²) in [5.41, 5.74) is 0.937. The predicted octanol–water partition coefficient (Wildman–Crippen LogP) is 2.84. The van der Waals surface area contributed by atoms with Gasteiger partial charge in [-0.25, -0.2) is 13.2 Å². The molecule has 33 heavy (non-hydrogen) atoms. The summed E-state index contributed by atoms with van der Waals surface area (Å²) in [5, 5.41) is 3.15. The maximum Gasteiger partial charge on any atom is 0.317 e. The number of piperazine rings is 1. The smallest absolute Gasteiger partial charge is 0.317 e. The molecule has 1 aromatic carbocycles. The van der Waals surface area contributed by atoms with Crippen LogP contribution in [0.4, 0.5) is 4.79 Å². The van der Waals surface area contributed by atoms with Gasteiger partial charge in [-0.3, -0.25) is 4.79 Å². The third kappa shape index (κ3) is 6.69. The molecule has 2 fully saturated rings. The lowest BCUT2D eigenvalue weighted by Gasteiger charge is -2.36. The van der Waals surface area contributed by atoms with Crippen molar-refractivity contribution in [2.75, 3.05) is 39.3 Å². The first-order valence-electron chi connectivity index (χ1n) is 12.3. The van der Waals surface area contributed by atoms with Crippen LogP contribution in [-0.4, -0.2) is 79.8 Å². The molecule has 1 saturated heterocycles. The standard InChI is InChI=1S/C24H38N4O4S/c1-3-28(4-2)33(31,32)22-13-10-20(11-14-22)12-15-23(29)26-16-18-27(19-17-26)24(30)25-21-8-6-5-7-9-21/h10-11,13-14,21H,3-9,12,15-19H2,1-2H3,(H,25,30). The van der Waals surface area contributed by atoms with E-state index < -0.39 is 10.0 Å². The van der Waals surface area contributed by atoms with E-state index in [9.17, 15) is 18.0 Å². The number of rotatable bonds is 8. The zero-order valence-electron chi connectivity index (χ0n) is 20.0. The summed E-state index contributed by atoms with van der Waals surface area (Å²) in [6.07, 6.45) is 6.68. The summed E-state index contributed by atoms with van der Waals surface area (Å²) in [4.78, 5) is 29.1. The molecule has 184 valence electrons. The molecule has 1 N–H and O–H groups in total. The lowest BCUT2D eigenvalue weighted by Crippen LogP contribution is -2.54. The number of carbonyl (C=O) groups is 2. The number of sulfonamides is 1. The zero-order chi connectivity index (χ0) is 23.8. The van der Waals surface area contributed by atoms with Gasteiger partial charge in [0.1, 0.15) is 0 Å². The lowest BCUT2D eigenvalue weighted by molar-refractivity contribution is -0.132. The van der Waals surface area contributed by atoms with Gasteiger partial charge in [0.25, 0.3) is 0 Å². The van der Waals surface area contributed by atoms with Gasteiger partial charge in [0.2, 0.25) is 15.9 Å². The first kappa shape index (κ1) is 25.5. The Morgan fingerprint density at radius 3 is 2.09 bits per heavy atom. The topological polar surface area (TPSA) is 90.0 Å². The van der Waals surface area contributed by atoms with Crippen molar-refractivity contribution in [1.29, 1.82) is 0 Å². The van der Waals surface area contributed by atoms with Gasteiger partial charge in [0.15, 0.2) is 0 Å². The number of amides is 3. The second-order valence-corrected chi connectivity index (χ2v) is 10.8. The van der Waals surface area contributed by atoms with E-state index in [2.05, 4.69) is 5.32 Å². The van der Waals surface area contributed by atoms with Crippen molar-refractivity contribution in [2.45, 2.75) is 69.7 Å². The second kappa shape index (κ2) is 11.8. The number of benzene rings is 1. The average molecular weight is 479 g/mol. The maximum absolute atomic E-state index is 12.7. The van der Waals surface area contributed by atoms with Gasteiger partial charge in [-0.1, -0.05) is 45.2 Å². The quantitative estimate of drug-likeness (QED) is 0.622. The minimum Gasteiger partial charge on any atom is -0.339 e. The fourth-order valence-corrected chi connectivity index (χ4v) is 6.08. The highest BCUT2D eigenvalue weighted by Gasteiger charge is 2.26. The van der Waals surface area contributed by atoms with Gasteiger partial charge >= 0.3 is 6.03 Å². The number of hydrogen-bond donors (Lipinski definition) is 1. The van der Waals surface area contributed by atoms with Crippen molar-refractivity contribution in [3.63, 3.8) is 0 Å². The Morgan fingerprint density at radius 2 is 1.52 bits per heavy atom. The molecule has 0 unspecified atom stereocenters. The molecule has 0 bridgehead atoms. The SMILES string of the molecule is CCN(CC)S(=O)(=O)c1ccc(CCC(=O)N2CCN(C(=O)NC3CCCCC3)CC2)cc1. The summed E-state index contributed by atoms with van der Waals surface area (Å²) >= 11 is 0. The van der Waals surface area contributed by atoms with Crippen molar-refractivity contribution in [2.24, 2.45) is 0 Å². The van der Waals surface area contributed by atoms with Gasteiger partial charge in [-0.15, -0.1) is 0 Å². The molecule has 3 amide bonds. The molecular weight excluding hydrogens is 440 g/mol. The Labute approximate surface area is 198 Å². The minimum absolute atomic E-state index is 0.00578. The van der Waals surface area contributed by atoms with Crippen LogP contribution in [0, 0.1) is 0 Å². The summed E-state index contributed by atoms with van der Waals surface area (Å²) in [6.45, 7) is 6.74. The molecular formula is C24H38N4O4S. The molecule has 9 heteroatoms. The van der Waals surface area contributed by atoms with E-state index in [0.717, 1.165) is 18.4 Å². The van der Waals surface area contributed by atoms with Crippen LogP contribution in [0.25, 0.3) is 0 Å². The van der Waals surface area contributed by atoms with Gasteiger partial charge in [0.05, 0.1) is 4.90 Å². The fourth-order valence-electron chi connectivity index (χ4n) is 4.62. The molecule has 1 aromatic rings. The van der Waals surface area contributed by atoms with Crippen LogP contribution < -0.4 is 5.32 Å². The van der Waals surface area contributed by atoms with Crippen LogP contribution in [0.3, 0.4) is 0 Å². The van der Waals surface area contributed by atoms with Gasteiger partial charge < -0.3 is 15.1 Å². The first-order valence-corrected chi connectivity index (χ1v) is 13.7. The molecule has 0 radical (unpaired) electrons. The van der Waals surface area contributed by atoms with Crippen molar-refractivity contribution in [3.05, 3.63) is 29.8 Å². The number of urea groups is 1. The van der Waals surface area contributed by atoms with E-state index in [1.807, 2.05) is 23.6 Å². The van der Waals surface area contributed by atoms with Crippen molar-refractivity contribution < 1.29 is 18.0 Å². The van der Waals surface area contributed by atoms with Crippen LogP contribution in [0.2, 0.25) is 0 Å². The average Bonchev–Trinajstić information content (AvgIpc) is 2.84. The van der Waals surface area contributed by atoms with Gasteiger partial charge in [0, 0.05) is 51.7 Å². The Kier molecular flexibility index (Phi) is 9.14. The Bertz CT molecular complexity index is 886. The van der Waals surface area contributed by atoms with Crippen LogP contribution >= 0.6 is 0 Å². The monoisotopic (exact) mass is 478 g/mol. The molecule has 1 aliphatic heterocycles. The van der Waals surface area contributed by atoms with E-state index >= 15 is 0 Å². The summed E-state index contributed by atoms with van der Waals surface area (Å²) in [7, 11) is -3.47. The highest BCUT2D eigenvalue weighted by molar-refractivity contribution is 7.89. The second-order valence-electron chi connectivity index (χ2n) is 8.89. The van der Waals surface area contributed by atoms with Crippen molar-refractivity contribution in [3.8, 4) is 0 Å². The summed E-state index contributed by atoms with van der Waals surface area (Å²) < 4.78 is 26.6. The highest BCUT2D eigenvalue weighted by Crippen LogP contribution is 2.19. The van der Waals surface area contributed by atoms with Crippen LogP contribution in [-0.2, 0) is 21.2 Å². The number of hydrogen-bond acceptors (Lipinski definition) is 4. The Hall–Kier alpha value is -2.13. The summed E-state index contributed by atoms with van der Waals surface area (Å²) in [5.74, 6) is 0.0715. The molecule has 1 heterocycles. The van der Waals surface area contributed by atoms with Crippen LogP contribution in [0.1, 0.15) is 57.9 Å². The largest absolute Gasteiger partial charge is 0.339 e. The number of nitrogens with one attached hydrogen (secondary N) is 1. The van der Waals surface area contributed by atoms with Gasteiger partial charge in [-0.05, 0) is 37.0 Å². The molecule has 1 saturated carbocycles. The van der Waals surface area contributed by atoms with E-state index in [-0.39, 0.29) is 16.8 Å². The molecule has 3 rings (SSSR count). The highest BCUT2D eigenvalue weighted by atomic mass is 32.2. The molecule has 0 atom stereocenters. The lowest BCUT2D eigenvalue weighted by atomic mass is 9.96. The molecule has 2 aliphatic rings. The number of nitrogens with zero attached hydrogens (tertiary/aromatic N) is 3. The molecule has 8 nitrogen and oxygen atoms in total. The predicted molar refractivity (Wildman–Crippen MR) is 128 cm³/mol. The van der Waals surface area contributed by atoms with E-state index in [0.29, 0.717) is 58.2 Å². The maximum atomic E-state index is 12.7. The van der Waals surface area contributed by atoms with E-state index in [1.54, 1.807) is 24.3 Å². The van der Waals surface area contributed by atoms with Crippen LogP contribution in [0.5, 0.6) is 0 Å². The minimum atomic E-state index is -3.47. The molecule has 1 aliphatic carbocycles. The Balaban J connectivity index is 1.43. The van der Waals surface area contributed by atoms with E-state index in [4.69, 9.17) is 0 Å². The van der Waals surface area contributed by atoms with E-state index in [1.165, 1.54) is 23.6 Å². The molecule has 0 spiro atoms. The van der Waals surface area contributed by atoms with Gasteiger partial charge in [-0.2, -0.15) is 4.31 Å². The third-order valence-corrected chi connectivity index (χ3v) is 8.81. The number of carbonyl (C=O) groups excluding carboxylic acids is 2. The first-order chi connectivity index (χ1) is 15.8.